The van der Waals surface area contributed by atoms with Gasteiger partial charge in [0.2, 0.25) is 0 Å². The summed E-state index contributed by atoms with van der Waals surface area (Å²) in [6.07, 6.45) is 0. The molecule has 0 aliphatic rings. The van der Waals surface area contributed by atoms with Gasteiger partial charge in [-0.05, 0) is 19.1 Å². The number of hydrogen-bond acceptors (Lipinski definition) is 2. The van der Waals surface area contributed by atoms with Crippen molar-refractivity contribution in [2.45, 2.75) is 6.92 Å². The van der Waals surface area contributed by atoms with Crippen LogP contribution in [0.5, 0.6) is 0 Å². The fourth-order valence-corrected chi connectivity index (χ4v) is 1.88. The van der Waals surface area contributed by atoms with Gasteiger partial charge in [0.25, 0.3) is 10.2 Å². The molecule has 0 aliphatic heterocycles. The maximum absolute atomic E-state index is 11.1. The number of nitrogens with zero attached hydrogens (tertiary/aromatic N) is 1. The fourth-order valence-electron chi connectivity index (χ4n) is 1.10. The van der Waals surface area contributed by atoms with Crippen LogP contribution in [0.4, 0.5) is 5.69 Å². The van der Waals surface area contributed by atoms with Crippen molar-refractivity contribution < 1.29 is 8.42 Å². The van der Waals surface area contributed by atoms with Crippen molar-refractivity contribution in [2.75, 3.05) is 10.8 Å². The first-order valence-electron chi connectivity index (χ1n) is 3.91. The van der Waals surface area contributed by atoms with Crippen LogP contribution >= 0.6 is 0 Å². The van der Waals surface area contributed by atoms with Gasteiger partial charge in [-0.15, -0.1) is 0 Å². The van der Waals surface area contributed by atoms with Crippen molar-refractivity contribution in [1.82, 2.24) is 0 Å². The van der Waals surface area contributed by atoms with E-state index in [0.717, 1.165) is 4.31 Å². The van der Waals surface area contributed by atoms with Gasteiger partial charge in [-0.2, -0.15) is 8.42 Å². The molecule has 0 amide bonds. The molecule has 0 fully saturated rings. The van der Waals surface area contributed by atoms with Crippen molar-refractivity contribution in [2.24, 2.45) is 5.14 Å². The van der Waals surface area contributed by atoms with Gasteiger partial charge in [0, 0.05) is 6.54 Å². The van der Waals surface area contributed by atoms with Crippen molar-refractivity contribution in [3.8, 4) is 0 Å². The van der Waals surface area contributed by atoms with Gasteiger partial charge < -0.3 is 0 Å². The van der Waals surface area contributed by atoms with Gasteiger partial charge in [0.1, 0.15) is 0 Å². The summed E-state index contributed by atoms with van der Waals surface area (Å²) in [4.78, 5) is 0. The molecule has 0 saturated carbocycles. The van der Waals surface area contributed by atoms with E-state index in [0.29, 0.717) is 12.2 Å². The van der Waals surface area contributed by atoms with Crippen LogP contribution in [0.3, 0.4) is 0 Å². The van der Waals surface area contributed by atoms with Crippen LogP contribution in [0.15, 0.2) is 30.3 Å². The number of rotatable bonds is 3. The van der Waals surface area contributed by atoms with Crippen LogP contribution in [0.2, 0.25) is 0 Å². The summed E-state index contributed by atoms with van der Waals surface area (Å²) in [6, 6.07) is 8.76. The van der Waals surface area contributed by atoms with E-state index in [1.165, 1.54) is 0 Å². The van der Waals surface area contributed by atoms with E-state index in [1.807, 2.05) is 6.07 Å². The minimum atomic E-state index is -3.63. The molecule has 0 unspecified atom stereocenters. The standard InChI is InChI=1S/C8H12N2O2S.Na.H/c1-2-10(13(9,11)12)8-6-4-3-5-7-8;;/h3-7H,2H2,1H3,(H2,9,11,12);;. The SMILES string of the molecule is CCN(c1ccccc1)S(N)(=O)=O.[NaH]. The Bertz CT molecular complexity index is 366. The molecule has 0 aromatic heterocycles. The zero-order chi connectivity index (χ0) is 9.90. The summed E-state index contributed by atoms with van der Waals surface area (Å²) in [5.41, 5.74) is 0.590. The van der Waals surface area contributed by atoms with E-state index >= 15 is 0 Å². The molecule has 0 spiro atoms. The van der Waals surface area contributed by atoms with Gasteiger partial charge in [0.05, 0.1) is 5.69 Å². The Balaban J connectivity index is 0.00000169. The average Bonchev–Trinajstić information content (AvgIpc) is 2.05. The van der Waals surface area contributed by atoms with Crippen LogP contribution in [0.1, 0.15) is 6.92 Å². The van der Waals surface area contributed by atoms with Crippen LogP contribution in [-0.4, -0.2) is 44.5 Å². The second kappa shape index (κ2) is 5.72. The molecule has 0 atom stereocenters. The molecule has 6 heteroatoms. The normalized spacial score (nSPS) is 10.4. The Morgan fingerprint density at radius 1 is 1.29 bits per heavy atom. The number of hydrogen-bond donors (Lipinski definition) is 1. The average molecular weight is 224 g/mol. The zero-order valence-corrected chi connectivity index (χ0v) is 8.16. The summed E-state index contributed by atoms with van der Waals surface area (Å²) in [5.74, 6) is 0. The van der Waals surface area contributed by atoms with Crippen molar-refractivity contribution in [3.05, 3.63) is 30.3 Å². The Hall–Kier alpha value is -0.0700. The predicted molar refractivity (Wildman–Crippen MR) is 59.7 cm³/mol. The van der Waals surface area contributed by atoms with Crippen LogP contribution in [0.25, 0.3) is 0 Å². The van der Waals surface area contributed by atoms with E-state index in [-0.39, 0.29) is 29.6 Å². The van der Waals surface area contributed by atoms with Crippen molar-refractivity contribution in [3.63, 3.8) is 0 Å². The molecule has 1 rings (SSSR count). The van der Waals surface area contributed by atoms with Gasteiger partial charge >= 0.3 is 29.6 Å². The number of para-hydroxylation sites is 1. The Morgan fingerprint density at radius 2 is 1.79 bits per heavy atom. The molecule has 0 radical (unpaired) electrons. The second-order valence-electron chi connectivity index (χ2n) is 2.55. The minimum absolute atomic E-state index is 0. The molecular weight excluding hydrogens is 211 g/mol. The molecule has 74 valence electrons. The quantitative estimate of drug-likeness (QED) is 0.738. The fraction of sp³-hybridized carbons (Fsp3) is 0.250. The van der Waals surface area contributed by atoms with Crippen molar-refractivity contribution >= 4 is 45.5 Å². The first-order chi connectivity index (χ1) is 6.05. The van der Waals surface area contributed by atoms with Gasteiger partial charge in [0.15, 0.2) is 0 Å². The first kappa shape index (κ1) is 13.9. The molecule has 0 aliphatic carbocycles. The van der Waals surface area contributed by atoms with Crippen LogP contribution in [0, 0.1) is 0 Å². The summed E-state index contributed by atoms with van der Waals surface area (Å²) >= 11 is 0. The van der Waals surface area contributed by atoms with Crippen molar-refractivity contribution in [1.29, 1.82) is 0 Å². The topological polar surface area (TPSA) is 63.4 Å². The Labute approximate surface area is 107 Å². The van der Waals surface area contributed by atoms with E-state index < -0.39 is 10.2 Å². The van der Waals surface area contributed by atoms with Gasteiger partial charge in [-0.1, -0.05) is 18.2 Å². The first-order valence-corrected chi connectivity index (χ1v) is 5.41. The Kier molecular flexibility index (Phi) is 5.70. The van der Waals surface area contributed by atoms with Gasteiger partial charge in [-0.3, -0.25) is 4.31 Å². The van der Waals surface area contributed by atoms with E-state index in [4.69, 9.17) is 5.14 Å². The third kappa shape index (κ3) is 3.59. The number of nitrogens with two attached hydrogens (primary N) is 1. The number of anilines is 1. The summed E-state index contributed by atoms with van der Waals surface area (Å²) in [6.45, 7) is 2.07. The second-order valence-corrected chi connectivity index (χ2v) is 4.02. The van der Waals surface area contributed by atoms with E-state index in [2.05, 4.69) is 0 Å². The third-order valence-corrected chi connectivity index (χ3v) is 2.72. The van der Waals surface area contributed by atoms with Crippen LogP contribution in [-0.2, 0) is 10.2 Å². The zero-order valence-electron chi connectivity index (χ0n) is 7.34. The molecule has 0 bridgehead atoms. The molecule has 0 saturated heterocycles. The molecule has 4 nitrogen and oxygen atoms in total. The molecule has 1 aromatic carbocycles. The molecule has 14 heavy (non-hydrogen) atoms. The maximum atomic E-state index is 11.1. The molecule has 2 N–H and O–H groups in total. The van der Waals surface area contributed by atoms with E-state index in [9.17, 15) is 8.42 Å². The number of benzene rings is 1. The summed E-state index contributed by atoms with van der Waals surface area (Å²) < 4.78 is 23.3. The van der Waals surface area contributed by atoms with E-state index in [1.54, 1.807) is 31.2 Å². The summed E-state index contributed by atoms with van der Waals surface area (Å²) in [5, 5.41) is 5.02. The van der Waals surface area contributed by atoms with Gasteiger partial charge in [-0.25, -0.2) is 5.14 Å². The molecule has 0 heterocycles. The summed E-state index contributed by atoms with van der Waals surface area (Å²) in [7, 11) is -3.63. The molecule has 1 aromatic rings. The monoisotopic (exact) mass is 224 g/mol. The predicted octanol–water partition coefficient (Wildman–Crippen LogP) is 0.0679. The molecular formula is C8H13N2NaO2S. The Morgan fingerprint density at radius 3 is 2.14 bits per heavy atom. The third-order valence-electron chi connectivity index (χ3n) is 1.64. The van der Waals surface area contributed by atoms with Crippen LogP contribution < -0.4 is 9.44 Å².